The molecule has 1 unspecified atom stereocenters. The molecule has 2 rings (SSSR count). The quantitative estimate of drug-likeness (QED) is 0.883. The number of piperidine rings is 1. The molecular formula is C15H25N3O. The van der Waals surface area contributed by atoms with Crippen LogP contribution in [0, 0.1) is 0 Å². The summed E-state index contributed by atoms with van der Waals surface area (Å²) in [5.41, 5.74) is 2.53. The maximum atomic E-state index is 5.68. The van der Waals surface area contributed by atoms with Gasteiger partial charge in [0.2, 0.25) is 0 Å². The molecule has 1 aliphatic heterocycles. The van der Waals surface area contributed by atoms with E-state index in [1.165, 1.54) is 17.7 Å². The average molecular weight is 263 g/mol. The van der Waals surface area contributed by atoms with Crippen LogP contribution in [-0.2, 0) is 11.3 Å². The van der Waals surface area contributed by atoms with Crippen LogP contribution in [0.5, 0.6) is 0 Å². The first-order valence-corrected chi connectivity index (χ1v) is 7.12. The Bertz CT molecular complexity index is 410. The number of methoxy groups -OCH3 is 1. The molecule has 19 heavy (non-hydrogen) atoms. The second kappa shape index (κ2) is 6.35. The van der Waals surface area contributed by atoms with Gasteiger partial charge in [-0.15, -0.1) is 0 Å². The second-order valence-corrected chi connectivity index (χ2v) is 5.46. The van der Waals surface area contributed by atoms with Crippen LogP contribution < -0.4 is 10.2 Å². The third-order valence-electron chi connectivity index (χ3n) is 3.94. The van der Waals surface area contributed by atoms with Gasteiger partial charge >= 0.3 is 0 Å². The van der Waals surface area contributed by atoms with Gasteiger partial charge in [0, 0.05) is 50.4 Å². The van der Waals surface area contributed by atoms with Gasteiger partial charge in [-0.1, -0.05) is 6.92 Å². The van der Waals surface area contributed by atoms with Gasteiger partial charge in [0.1, 0.15) is 0 Å². The zero-order chi connectivity index (χ0) is 13.7. The van der Waals surface area contributed by atoms with E-state index in [0.29, 0.717) is 0 Å². The van der Waals surface area contributed by atoms with Crippen molar-refractivity contribution in [3.63, 3.8) is 0 Å². The lowest BCUT2D eigenvalue weighted by molar-refractivity contribution is -0.00468. The minimum Gasteiger partial charge on any atom is -0.377 e. The van der Waals surface area contributed by atoms with Crippen molar-refractivity contribution in [3.05, 3.63) is 24.0 Å². The van der Waals surface area contributed by atoms with Crippen molar-refractivity contribution in [2.75, 3.05) is 31.6 Å². The Morgan fingerprint density at radius 1 is 1.53 bits per heavy atom. The fourth-order valence-electron chi connectivity index (χ4n) is 2.70. The Kier molecular flexibility index (Phi) is 4.77. The summed E-state index contributed by atoms with van der Waals surface area (Å²) in [6.45, 7) is 8.22. The van der Waals surface area contributed by atoms with E-state index in [-0.39, 0.29) is 5.60 Å². The molecule has 0 amide bonds. The summed E-state index contributed by atoms with van der Waals surface area (Å²) in [5.74, 6) is 0. The number of aromatic nitrogens is 1. The molecule has 4 nitrogen and oxygen atoms in total. The highest BCUT2D eigenvalue weighted by atomic mass is 16.5. The lowest BCUT2D eigenvalue weighted by atomic mass is 9.94. The summed E-state index contributed by atoms with van der Waals surface area (Å²) < 4.78 is 5.68. The number of hydrogen-bond acceptors (Lipinski definition) is 4. The first kappa shape index (κ1) is 14.3. The van der Waals surface area contributed by atoms with Gasteiger partial charge in [-0.25, -0.2) is 0 Å². The number of nitrogens with zero attached hydrogens (tertiary/aromatic N) is 2. The highest BCUT2D eigenvalue weighted by Crippen LogP contribution is 2.29. The van der Waals surface area contributed by atoms with Gasteiger partial charge in [0.15, 0.2) is 0 Å². The van der Waals surface area contributed by atoms with Gasteiger partial charge in [-0.3, -0.25) is 4.98 Å². The standard InChI is InChI=1S/C15H25N3O/c1-4-16-10-13-11-17-8-6-14(13)18-9-5-7-15(2,12-18)19-3/h6,8,11,16H,4-5,7,9-10,12H2,1-3H3. The maximum Gasteiger partial charge on any atom is 0.0825 e. The van der Waals surface area contributed by atoms with Gasteiger partial charge < -0.3 is 15.0 Å². The number of rotatable bonds is 5. The van der Waals surface area contributed by atoms with Crippen LogP contribution in [0.4, 0.5) is 5.69 Å². The fraction of sp³-hybridized carbons (Fsp3) is 0.667. The highest BCUT2D eigenvalue weighted by Gasteiger charge is 2.31. The van der Waals surface area contributed by atoms with Crippen molar-refractivity contribution in [3.8, 4) is 0 Å². The van der Waals surface area contributed by atoms with Gasteiger partial charge in [0.05, 0.1) is 5.60 Å². The van der Waals surface area contributed by atoms with Crippen LogP contribution in [0.15, 0.2) is 18.5 Å². The molecule has 1 aliphatic rings. The Morgan fingerprint density at radius 2 is 2.37 bits per heavy atom. The lowest BCUT2D eigenvalue weighted by Crippen LogP contribution is -2.47. The minimum absolute atomic E-state index is 0.0308. The van der Waals surface area contributed by atoms with E-state index in [0.717, 1.165) is 32.6 Å². The van der Waals surface area contributed by atoms with E-state index in [1.54, 1.807) is 0 Å². The van der Waals surface area contributed by atoms with Crippen molar-refractivity contribution in [1.29, 1.82) is 0 Å². The van der Waals surface area contributed by atoms with Gasteiger partial charge in [-0.2, -0.15) is 0 Å². The monoisotopic (exact) mass is 263 g/mol. The molecule has 0 aromatic carbocycles. The molecule has 1 atom stereocenters. The van der Waals surface area contributed by atoms with Crippen LogP contribution >= 0.6 is 0 Å². The summed E-state index contributed by atoms with van der Waals surface area (Å²) >= 11 is 0. The average Bonchev–Trinajstić information content (AvgIpc) is 2.45. The van der Waals surface area contributed by atoms with Crippen LogP contribution in [-0.4, -0.2) is 37.3 Å². The van der Waals surface area contributed by atoms with E-state index in [9.17, 15) is 0 Å². The summed E-state index contributed by atoms with van der Waals surface area (Å²) in [6.07, 6.45) is 6.15. The smallest absolute Gasteiger partial charge is 0.0825 e. The van der Waals surface area contributed by atoms with Gasteiger partial charge in [0.25, 0.3) is 0 Å². The molecule has 2 heterocycles. The maximum absolute atomic E-state index is 5.68. The number of ether oxygens (including phenoxy) is 1. The minimum atomic E-state index is -0.0308. The second-order valence-electron chi connectivity index (χ2n) is 5.46. The summed E-state index contributed by atoms with van der Waals surface area (Å²) in [5, 5.41) is 3.38. The summed E-state index contributed by atoms with van der Waals surface area (Å²) in [6, 6.07) is 2.12. The lowest BCUT2D eigenvalue weighted by Gasteiger charge is -2.41. The first-order chi connectivity index (χ1) is 9.18. The number of nitrogens with one attached hydrogen (secondary N) is 1. The molecule has 106 valence electrons. The molecule has 1 fully saturated rings. The molecule has 0 spiro atoms. The van der Waals surface area contributed by atoms with Crippen molar-refractivity contribution >= 4 is 5.69 Å². The number of anilines is 1. The number of pyridine rings is 1. The van der Waals surface area contributed by atoms with E-state index < -0.39 is 0 Å². The molecule has 0 aliphatic carbocycles. The van der Waals surface area contributed by atoms with Crippen LogP contribution in [0.25, 0.3) is 0 Å². The molecule has 1 aromatic rings. The Morgan fingerprint density at radius 3 is 3.11 bits per heavy atom. The molecule has 1 saturated heterocycles. The Labute approximate surface area is 116 Å². The van der Waals surface area contributed by atoms with E-state index >= 15 is 0 Å². The van der Waals surface area contributed by atoms with Crippen LogP contribution in [0.1, 0.15) is 32.3 Å². The topological polar surface area (TPSA) is 37.4 Å². The molecular weight excluding hydrogens is 238 g/mol. The van der Waals surface area contributed by atoms with Crippen molar-refractivity contribution in [2.45, 2.75) is 38.8 Å². The van der Waals surface area contributed by atoms with Crippen molar-refractivity contribution < 1.29 is 4.74 Å². The predicted molar refractivity (Wildman–Crippen MR) is 78.5 cm³/mol. The van der Waals surface area contributed by atoms with Crippen molar-refractivity contribution in [2.24, 2.45) is 0 Å². The zero-order valence-electron chi connectivity index (χ0n) is 12.3. The van der Waals surface area contributed by atoms with E-state index in [2.05, 4.69) is 35.1 Å². The molecule has 1 N–H and O–H groups in total. The summed E-state index contributed by atoms with van der Waals surface area (Å²) in [4.78, 5) is 6.68. The van der Waals surface area contributed by atoms with Gasteiger partial charge in [-0.05, 0) is 32.4 Å². The molecule has 0 radical (unpaired) electrons. The van der Waals surface area contributed by atoms with Crippen molar-refractivity contribution in [1.82, 2.24) is 10.3 Å². The zero-order valence-corrected chi connectivity index (χ0v) is 12.3. The number of hydrogen-bond donors (Lipinski definition) is 1. The highest BCUT2D eigenvalue weighted by molar-refractivity contribution is 5.53. The SMILES string of the molecule is CCNCc1cnccc1N1CCCC(C)(OC)C1. The largest absolute Gasteiger partial charge is 0.377 e. The van der Waals surface area contributed by atoms with E-state index in [1.807, 2.05) is 19.5 Å². The van der Waals surface area contributed by atoms with E-state index in [4.69, 9.17) is 4.74 Å². The molecule has 0 saturated carbocycles. The van der Waals surface area contributed by atoms with Crippen LogP contribution in [0.2, 0.25) is 0 Å². The first-order valence-electron chi connectivity index (χ1n) is 7.12. The van der Waals surface area contributed by atoms with Crippen LogP contribution in [0.3, 0.4) is 0 Å². The molecule has 1 aromatic heterocycles. The fourth-order valence-corrected chi connectivity index (χ4v) is 2.70. The third kappa shape index (κ3) is 3.45. The molecule has 4 heteroatoms. The Hall–Kier alpha value is -1.13. The summed E-state index contributed by atoms with van der Waals surface area (Å²) in [7, 11) is 1.82. The normalized spacial score (nSPS) is 23.6. The predicted octanol–water partition coefficient (Wildman–Crippen LogP) is 2.20. The third-order valence-corrected chi connectivity index (χ3v) is 3.94. The molecule has 0 bridgehead atoms. The Balaban J connectivity index is 2.16.